The zero-order valence-electron chi connectivity index (χ0n) is 19.8. The van der Waals surface area contributed by atoms with E-state index in [-0.39, 0.29) is 34.8 Å². The highest BCUT2D eigenvalue weighted by Crippen LogP contribution is 2.65. The van der Waals surface area contributed by atoms with Gasteiger partial charge in [0.15, 0.2) is 0 Å². The number of hydrogen-bond donors (Lipinski definition) is 0. The maximum absolute atomic E-state index is 11.6. The maximum atomic E-state index is 11.6. The fraction of sp³-hybridized carbons (Fsp3) is 0.704. The van der Waals surface area contributed by atoms with Crippen molar-refractivity contribution in [2.24, 2.45) is 34.5 Å². The summed E-state index contributed by atoms with van der Waals surface area (Å²) in [6.07, 6.45) is 16.5. The first-order valence-corrected chi connectivity index (χ1v) is 12.0. The molecule has 7 atom stereocenters. The lowest BCUT2D eigenvalue weighted by molar-refractivity contribution is -0.151. The van der Waals surface area contributed by atoms with Crippen LogP contribution in [0.15, 0.2) is 35.5 Å². The van der Waals surface area contributed by atoms with E-state index >= 15 is 0 Å². The van der Waals surface area contributed by atoms with Crippen LogP contribution in [0.4, 0.5) is 0 Å². The number of allylic oxidation sites excluding steroid dienone is 5. The molecule has 0 aromatic carbocycles. The Labute approximate surface area is 187 Å². The Bertz CT molecular complexity index is 836. The number of hydrogen-bond acceptors (Lipinski definition) is 4. The summed E-state index contributed by atoms with van der Waals surface area (Å²) in [5.41, 5.74) is 3.60. The van der Waals surface area contributed by atoms with Crippen molar-refractivity contribution in [3.05, 3.63) is 35.5 Å². The normalized spacial score (nSPS) is 40.2. The van der Waals surface area contributed by atoms with E-state index in [4.69, 9.17) is 9.47 Å². The molecule has 4 heteroatoms. The molecule has 4 nitrogen and oxygen atoms in total. The molecule has 0 saturated heterocycles. The van der Waals surface area contributed by atoms with Crippen molar-refractivity contribution in [2.45, 2.75) is 78.7 Å². The van der Waals surface area contributed by atoms with Crippen molar-refractivity contribution in [3.63, 3.8) is 0 Å². The predicted molar refractivity (Wildman–Crippen MR) is 121 cm³/mol. The molecule has 4 rings (SSSR count). The van der Waals surface area contributed by atoms with Crippen LogP contribution in [0.3, 0.4) is 0 Å². The van der Waals surface area contributed by atoms with Gasteiger partial charge in [-0.25, -0.2) is 4.79 Å². The molecule has 0 radical (unpaired) electrons. The topological polar surface area (TPSA) is 52.6 Å². The number of esters is 2. The average Bonchev–Trinajstić information content (AvgIpc) is 3.09. The van der Waals surface area contributed by atoms with Gasteiger partial charge in [-0.1, -0.05) is 50.1 Å². The van der Waals surface area contributed by atoms with E-state index in [2.05, 4.69) is 32.9 Å². The third-order valence-electron chi connectivity index (χ3n) is 9.17. The van der Waals surface area contributed by atoms with Crippen LogP contribution < -0.4 is 0 Å². The number of carbonyl (C=O) groups is 2. The van der Waals surface area contributed by atoms with Gasteiger partial charge >= 0.3 is 11.9 Å². The first-order chi connectivity index (χ1) is 14.7. The standard InChI is InChI=1S/C27H38O4/c1-17(6-11-25(29)30-5)22-9-10-23-21-8-7-19-16-20(31-18(2)28)12-14-26(19,3)24(21)13-15-27(22,23)4/h6,9,11,13,17,19-21,23H,7-8,10,12,14-16H2,1-5H3/b11-6+/t17?,19-,20-,21?,23?,26+,27-/m1/s1. The number of rotatable bonds is 4. The number of fused-ring (bicyclic) bond motifs is 5. The minimum absolute atomic E-state index is 0.101. The molecule has 3 unspecified atom stereocenters. The molecule has 2 saturated carbocycles. The second-order valence-corrected chi connectivity index (χ2v) is 10.8. The molecule has 0 heterocycles. The quantitative estimate of drug-likeness (QED) is 0.325. The highest BCUT2D eigenvalue weighted by molar-refractivity contribution is 5.81. The number of ether oxygens (including phenoxy) is 2. The molecule has 0 amide bonds. The third-order valence-corrected chi connectivity index (χ3v) is 9.17. The highest BCUT2D eigenvalue weighted by atomic mass is 16.5. The minimum Gasteiger partial charge on any atom is -0.466 e. The Morgan fingerprint density at radius 2 is 1.94 bits per heavy atom. The van der Waals surface area contributed by atoms with Gasteiger partial charge in [-0.15, -0.1) is 0 Å². The van der Waals surface area contributed by atoms with E-state index in [0.29, 0.717) is 17.8 Å². The smallest absolute Gasteiger partial charge is 0.330 e. The van der Waals surface area contributed by atoms with Crippen molar-refractivity contribution in [1.82, 2.24) is 0 Å². The predicted octanol–water partition coefficient (Wildman–Crippen LogP) is 5.78. The number of carbonyl (C=O) groups excluding carboxylic acids is 2. The molecule has 0 aromatic heterocycles. The van der Waals surface area contributed by atoms with Gasteiger partial charge in [0.1, 0.15) is 6.10 Å². The summed E-state index contributed by atoms with van der Waals surface area (Å²) in [5, 5.41) is 0. The number of methoxy groups -OCH3 is 1. The molecule has 0 bridgehead atoms. The van der Waals surface area contributed by atoms with Gasteiger partial charge in [0, 0.05) is 13.0 Å². The summed E-state index contributed by atoms with van der Waals surface area (Å²) >= 11 is 0. The largest absolute Gasteiger partial charge is 0.466 e. The Balaban J connectivity index is 1.54. The average molecular weight is 427 g/mol. The van der Waals surface area contributed by atoms with Crippen LogP contribution in [0.2, 0.25) is 0 Å². The molecule has 0 aliphatic heterocycles. The molecule has 4 aliphatic carbocycles. The van der Waals surface area contributed by atoms with Crippen molar-refractivity contribution in [3.8, 4) is 0 Å². The monoisotopic (exact) mass is 426 g/mol. The first-order valence-electron chi connectivity index (χ1n) is 12.0. The van der Waals surface area contributed by atoms with Gasteiger partial charge in [-0.05, 0) is 79.4 Å². The van der Waals surface area contributed by atoms with E-state index < -0.39 is 0 Å². The van der Waals surface area contributed by atoms with Crippen molar-refractivity contribution in [2.75, 3.05) is 7.11 Å². The lowest BCUT2D eigenvalue weighted by Gasteiger charge is -2.57. The Morgan fingerprint density at radius 3 is 2.65 bits per heavy atom. The summed E-state index contributed by atoms with van der Waals surface area (Å²) in [6, 6.07) is 0. The van der Waals surface area contributed by atoms with Gasteiger partial charge in [-0.2, -0.15) is 0 Å². The van der Waals surface area contributed by atoms with Gasteiger partial charge in [0.05, 0.1) is 7.11 Å². The van der Waals surface area contributed by atoms with Crippen LogP contribution in [0.1, 0.15) is 72.6 Å². The van der Waals surface area contributed by atoms with Crippen LogP contribution >= 0.6 is 0 Å². The second kappa shape index (κ2) is 8.26. The third kappa shape index (κ3) is 3.81. The van der Waals surface area contributed by atoms with E-state index in [0.717, 1.165) is 32.1 Å². The van der Waals surface area contributed by atoms with Crippen molar-refractivity contribution < 1.29 is 19.1 Å². The van der Waals surface area contributed by atoms with Crippen LogP contribution in [0, 0.1) is 34.5 Å². The van der Waals surface area contributed by atoms with Crippen LogP contribution in [0.25, 0.3) is 0 Å². The van der Waals surface area contributed by atoms with E-state index in [9.17, 15) is 9.59 Å². The molecular weight excluding hydrogens is 388 g/mol. The maximum Gasteiger partial charge on any atom is 0.330 e. The van der Waals surface area contributed by atoms with E-state index in [1.807, 2.05) is 6.08 Å². The van der Waals surface area contributed by atoms with Crippen molar-refractivity contribution in [1.29, 1.82) is 0 Å². The molecule has 0 aromatic rings. The molecule has 4 aliphatic rings. The Kier molecular flexibility index (Phi) is 5.95. The molecule has 31 heavy (non-hydrogen) atoms. The molecule has 0 spiro atoms. The van der Waals surface area contributed by atoms with Crippen LogP contribution in [0.5, 0.6) is 0 Å². The highest BCUT2D eigenvalue weighted by Gasteiger charge is 2.55. The van der Waals surface area contributed by atoms with Crippen LogP contribution in [-0.2, 0) is 19.1 Å². The molecule has 2 fully saturated rings. The zero-order chi connectivity index (χ0) is 22.4. The lowest BCUT2D eigenvalue weighted by atomic mass is 9.48. The second-order valence-electron chi connectivity index (χ2n) is 10.8. The van der Waals surface area contributed by atoms with Crippen LogP contribution in [-0.4, -0.2) is 25.2 Å². The van der Waals surface area contributed by atoms with Gasteiger partial charge in [-0.3, -0.25) is 4.79 Å². The summed E-state index contributed by atoms with van der Waals surface area (Å²) < 4.78 is 10.4. The lowest BCUT2D eigenvalue weighted by Crippen LogP contribution is -2.48. The van der Waals surface area contributed by atoms with Gasteiger partial charge < -0.3 is 9.47 Å². The fourth-order valence-corrected chi connectivity index (χ4v) is 7.54. The first kappa shape index (κ1) is 22.4. The summed E-state index contributed by atoms with van der Waals surface area (Å²) in [5.74, 6) is 1.74. The minimum atomic E-state index is -0.284. The zero-order valence-corrected chi connectivity index (χ0v) is 19.8. The van der Waals surface area contributed by atoms with Crippen molar-refractivity contribution >= 4 is 11.9 Å². The molecular formula is C27H38O4. The van der Waals surface area contributed by atoms with E-state index in [1.54, 1.807) is 11.6 Å². The summed E-state index contributed by atoms with van der Waals surface area (Å²) in [4.78, 5) is 23.0. The molecule has 0 N–H and O–H groups in total. The molecule has 170 valence electrons. The van der Waals surface area contributed by atoms with E-state index in [1.165, 1.54) is 32.4 Å². The summed E-state index contributed by atoms with van der Waals surface area (Å²) in [7, 11) is 1.42. The SMILES string of the molecule is COC(=O)/C=C/C(C)C1=CCC2C3CC[C@@H]4C[C@H](OC(C)=O)CC[C@]4(C)C3=CC[C@]12C. The van der Waals surface area contributed by atoms with Gasteiger partial charge in [0.25, 0.3) is 0 Å². The Hall–Kier alpha value is -1.84. The summed E-state index contributed by atoms with van der Waals surface area (Å²) in [6.45, 7) is 8.65. The van der Waals surface area contributed by atoms with Gasteiger partial charge in [0.2, 0.25) is 0 Å². The fourth-order valence-electron chi connectivity index (χ4n) is 7.54. The Morgan fingerprint density at radius 1 is 1.16 bits per heavy atom.